The van der Waals surface area contributed by atoms with E-state index in [0.29, 0.717) is 27.2 Å². The van der Waals surface area contributed by atoms with E-state index in [1.54, 1.807) is 36.4 Å². The van der Waals surface area contributed by atoms with Crippen LogP contribution in [0.25, 0.3) is 0 Å². The molecular weight excluding hydrogens is 688 g/mol. The van der Waals surface area contributed by atoms with Crippen molar-refractivity contribution in [2.24, 2.45) is 5.92 Å². The van der Waals surface area contributed by atoms with Gasteiger partial charge in [-0.15, -0.1) is 0 Å². The van der Waals surface area contributed by atoms with E-state index in [0.717, 1.165) is 9.87 Å². The molecule has 4 rings (SSSR count). The fraction of sp³-hybridized carbons (Fsp3) is 0.235. The Labute approximate surface area is 290 Å². The molecule has 0 aromatic heterocycles. The van der Waals surface area contributed by atoms with Crippen LogP contribution < -0.4 is 9.62 Å². The van der Waals surface area contributed by atoms with E-state index in [-0.39, 0.29) is 40.4 Å². The third kappa shape index (κ3) is 9.39. The number of hydrogen-bond donors (Lipinski definition) is 1. The van der Waals surface area contributed by atoms with Gasteiger partial charge in [0.1, 0.15) is 12.6 Å². The molecule has 242 valence electrons. The van der Waals surface area contributed by atoms with Crippen molar-refractivity contribution in [1.82, 2.24) is 10.2 Å². The van der Waals surface area contributed by atoms with Crippen LogP contribution in [0, 0.1) is 5.92 Å². The van der Waals surface area contributed by atoms with Crippen LogP contribution >= 0.6 is 46.4 Å². The number of benzene rings is 4. The first-order chi connectivity index (χ1) is 21.8. The van der Waals surface area contributed by atoms with Gasteiger partial charge in [0.2, 0.25) is 11.8 Å². The number of anilines is 1. The average Bonchev–Trinajstić information content (AvgIpc) is 3.01. The summed E-state index contributed by atoms with van der Waals surface area (Å²) < 4.78 is 29.2. The summed E-state index contributed by atoms with van der Waals surface area (Å²) in [5, 5.41) is 4.29. The van der Waals surface area contributed by atoms with Gasteiger partial charge in [0.05, 0.1) is 10.6 Å². The Balaban J connectivity index is 1.82. The van der Waals surface area contributed by atoms with Gasteiger partial charge in [-0.2, -0.15) is 0 Å². The molecule has 0 bridgehead atoms. The molecule has 46 heavy (non-hydrogen) atoms. The first-order valence-corrected chi connectivity index (χ1v) is 17.4. The number of carbonyl (C=O) groups excluding carboxylic acids is 2. The van der Waals surface area contributed by atoms with Crippen LogP contribution in [-0.4, -0.2) is 44.3 Å². The van der Waals surface area contributed by atoms with E-state index >= 15 is 0 Å². The number of amides is 2. The maximum Gasteiger partial charge on any atom is 0.264 e. The second-order valence-corrected chi connectivity index (χ2v) is 14.6. The van der Waals surface area contributed by atoms with Crippen molar-refractivity contribution in [1.29, 1.82) is 0 Å². The third-order valence-electron chi connectivity index (χ3n) is 7.09. The molecule has 0 aliphatic carbocycles. The molecule has 1 N–H and O–H groups in total. The van der Waals surface area contributed by atoms with Crippen LogP contribution in [0.3, 0.4) is 0 Å². The number of nitrogens with zero attached hydrogens (tertiary/aromatic N) is 2. The first-order valence-electron chi connectivity index (χ1n) is 14.4. The van der Waals surface area contributed by atoms with E-state index in [4.69, 9.17) is 46.4 Å². The summed E-state index contributed by atoms with van der Waals surface area (Å²) in [5.74, 6) is -0.867. The summed E-state index contributed by atoms with van der Waals surface area (Å²) >= 11 is 25.0. The number of nitrogens with one attached hydrogen (secondary N) is 1. The molecule has 0 aliphatic rings. The largest absolute Gasteiger partial charge is 0.354 e. The maximum atomic E-state index is 14.5. The van der Waals surface area contributed by atoms with Crippen molar-refractivity contribution in [3.8, 4) is 0 Å². The van der Waals surface area contributed by atoms with Crippen molar-refractivity contribution in [3.05, 3.63) is 128 Å². The molecule has 0 aliphatic heterocycles. The van der Waals surface area contributed by atoms with Crippen LogP contribution in [0.5, 0.6) is 0 Å². The van der Waals surface area contributed by atoms with Gasteiger partial charge in [-0.05, 0) is 71.6 Å². The predicted octanol–water partition coefficient (Wildman–Crippen LogP) is 7.91. The van der Waals surface area contributed by atoms with Crippen molar-refractivity contribution in [3.63, 3.8) is 0 Å². The SMILES string of the molecule is CC(C)CNC(=O)[C@@H](Cc1ccccc1)N(Cc1ccc(Cl)cc1Cl)C(=O)CN(c1cccc(Cl)c1)S(=O)(=O)c1ccc(Cl)cc1. The van der Waals surface area contributed by atoms with Crippen molar-refractivity contribution in [2.45, 2.75) is 37.8 Å². The van der Waals surface area contributed by atoms with Gasteiger partial charge in [0, 0.05) is 39.6 Å². The second kappa shape index (κ2) is 16.0. The summed E-state index contributed by atoms with van der Waals surface area (Å²) in [5.41, 5.74) is 1.51. The summed E-state index contributed by atoms with van der Waals surface area (Å²) in [6, 6.07) is 25.0. The zero-order valence-electron chi connectivity index (χ0n) is 25.2. The summed E-state index contributed by atoms with van der Waals surface area (Å²) in [6.07, 6.45) is 0.169. The lowest BCUT2D eigenvalue weighted by molar-refractivity contribution is -0.140. The van der Waals surface area contributed by atoms with E-state index < -0.39 is 28.5 Å². The smallest absolute Gasteiger partial charge is 0.264 e. The fourth-order valence-electron chi connectivity index (χ4n) is 4.70. The molecule has 0 spiro atoms. The molecule has 1 atom stereocenters. The second-order valence-electron chi connectivity index (χ2n) is 11.0. The van der Waals surface area contributed by atoms with E-state index in [2.05, 4.69) is 5.32 Å². The zero-order chi connectivity index (χ0) is 33.4. The first kappa shape index (κ1) is 35.6. The van der Waals surface area contributed by atoms with Crippen LogP contribution in [0.15, 0.2) is 102 Å². The summed E-state index contributed by atoms with van der Waals surface area (Å²) in [7, 11) is -4.30. The number of hydrogen-bond acceptors (Lipinski definition) is 4. The lowest BCUT2D eigenvalue weighted by Crippen LogP contribution is -2.53. The van der Waals surface area contributed by atoms with Gasteiger partial charge in [-0.3, -0.25) is 13.9 Å². The minimum atomic E-state index is -4.30. The minimum Gasteiger partial charge on any atom is -0.354 e. The highest BCUT2D eigenvalue weighted by atomic mass is 35.5. The lowest BCUT2D eigenvalue weighted by Gasteiger charge is -2.34. The molecule has 0 radical (unpaired) electrons. The maximum absolute atomic E-state index is 14.5. The van der Waals surface area contributed by atoms with Crippen LogP contribution in [0.4, 0.5) is 5.69 Å². The molecule has 0 heterocycles. The third-order valence-corrected chi connectivity index (χ3v) is 9.95. The van der Waals surface area contributed by atoms with E-state index in [1.807, 2.05) is 44.2 Å². The highest BCUT2D eigenvalue weighted by molar-refractivity contribution is 7.92. The van der Waals surface area contributed by atoms with Crippen LogP contribution in [0.2, 0.25) is 20.1 Å². The number of halogens is 4. The standard InChI is InChI=1S/C34H33Cl4N3O4S/c1-23(2)20-39-34(43)32(17-24-7-4-3-5-8-24)40(21-25-11-12-28(37)19-31(25)38)33(42)22-41(29-10-6-9-27(36)18-29)46(44,45)30-15-13-26(35)14-16-30/h3-16,18-19,23,32H,17,20-22H2,1-2H3,(H,39,43)/t32-/m1/s1. The Morgan fingerprint density at radius 1 is 0.783 bits per heavy atom. The topological polar surface area (TPSA) is 86.8 Å². The Morgan fingerprint density at radius 3 is 2.07 bits per heavy atom. The van der Waals surface area contributed by atoms with Gasteiger partial charge < -0.3 is 10.2 Å². The van der Waals surface area contributed by atoms with Crippen molar-refractivity contribution >= 4 is 73.9 Å². The molecule has 7 nitrogen and oxygen atoms in total. The minimum absolute atomic E-state index is 0.0764. The molecule has 4 aromatic carbocycles. The van der Waals surface area contributed by atoms with Gasteiger partial charge >= 0.3 is 0 Å². The van der Waals surface area contributed by atoms with Crippen LogP contribution in [0.1, 0.15) is 25.0 Å². The normalized spacial score (nSPS) is 12.1. The van der Waals surface area contributed by atoms with Gasteiger partial charge in [0.25, 0.3) is 10.0 Å². The molecule has 12 heteroatoms. The van der Waals surface area contributed by atoms with Gasteiger partial charge in [0.15, 0.2) is 0 Å². The molecule has 0 fully saturated rings. The molecule has 0 saturated carbocycles. The number of sulfonamides is 1. The van der Waals surface area contributed by atoms with Crippen molar-refractivity contribution in [2.75, 3.05) is 17.4 Å². The van der Waals surface area contributed by atoms with E-state index in [1.165, 1.54) is 35.2 Å². The van der Waals surface area contributed by atoms with Crippen molar-refractivity contribution < 1.29 is 18.0 Å². The zero-order valence-corrected chi connectivity index (χ0v) is 29.0. The molecular formula is C34H33Cl4N3O4S. The molecule has 0 unspecified atom stereocenters. The van der Waals surface area contributed by atoms with Gasteiger partial charge in [-0.1, -0.05) is 103 Å². The van der Waals surface area contributed by atoms with Crippen LogP contribution in [-0.2, 0) is 32.6 Å². The quantitative estimate of drug-likeness (QED) is 0.152. The Bertz CT molecular complexity index is 1770. The summed E-state index contributed by atoms with van der Waals surface area (Å²) in [6.45, 7) is 3.58. The Morgan fingerprint density at radius 2 is 1.43 bits per heavy atom. The van der Waals surface area contributed by atoms with Gasteiger partial charge in [-0.25, -0.2) is 8.42 Å². The highest BCUT2D eigenvalue weighted by Gasteiger charge is 2.35. The number of rotatable bonds is 13. The molecule has 4 aromatic rings. The monoisotopic (exact) mass is 719 g/mol. The lowest BCUT2D eigenvalue weighted by atomic mass is 10.0. The van der Waals surface area contributed by atoms with E-state index in [9.17, 15) is 18.0 Å². The predicted molar refractivity (Wildman–Crippen MR) is 186 cm³/mol. The number of carbonyl (C=O) groups is 2. The Hall–Kier alpha value is -3.27. The summed E-state index contributed by atoms with van der Waals surface area (Å²) in [4.78, 5) is 29.7. The average molecular weight is 722 g/mol. The molecule has 0 saturated heterocycles. The highest BCUT2D eigenvalue weighted by Crippen LogP contribution is 2.29. The Kier molecular flexibility index (Phi) is 12.4. The fourth-order valence-corrected chi connectivity index (χ4v) is 6.89. The molecule has 2 amide bonds.